The maximum Gasteiger partial charge on any atom is 0.267 e. The Morgan fingerprint density at radius 3 is 2.54 bits per heavy atom. The van der Waals surface area contributed by atoms with Crippen molar-refractivity contribution in [3.05, 3.63) is 80.6 Å². The van der Waals surface area contributed by atoms with Gasteiger partial charge in [-0.15, -0.1) is 0 Å². The molecule has 192 valence electrons. The summed E-state index contributed by atoms with van der Waals surface area (Å²) < 4.78 is 2.01. The van der Waals surface area contributed by atoms with E-state index >= 15 is 0 Å². The first-order chi connectivity index (χ1) is 17.9. The Balaban J connectivity index is 1.56. The van der Waals surface area contributed by atoms with E-state index in [2.05, 4.69) is 9.80 Å². The summed E-state index contributed by atoms with van der Waals surface area (Å²) in [6, 6.07) is 13.3. The summed E-state index contributed by atoms with van der Waals surface area (Å²) >= 11 is 6.82. The highest BCUT2D eigenvalue weighted by Crippen LogP contribution is 2.38. The molecular weight excluding hydrogens is 506 g/mol. The summed E-state index contributed by atoms with van der Waals surface area (Å²) in [6.45, 7) is 7.47. The second-order valence-corrected chi connectivity index (χ2v) is 10.9. The fraction of sp³-hybridized carbons (Fsp3) is 0.333. The number of benzene rings is 1. The van der Waals surface area contributed by atoms with Crippen LogP contribution >= 0.6 is 24.0 Å². The lowest BCUT2D eigenvalue weighted by Crippen LogP contribution is -2.48. The zero-order valence-electron chi connectivity index (χ0n) is 20.8. The summed E-state index contributed by atoms with van der Waals surface area (Å²) in [7, 11) is 0. The number of hydrogen-bond donors (Lipinski definition) is 1. The van der Waals surface area contributed by atoms with Crippen molar-refractivity contribution in [1.82, 2.24) is 19.2 Å². The Morgan fingerprint density at radius 2 is 1.84 bits per heavy atom. The molecule has 1 amide bonds. The second kappa shape index (κ2) is 10.7. The molecule has 2 fully saturated rings. The van der Waals surface area contributed by atoms with Crippen molar-refractivity contribution in [1.29, 1.82) is 0 Å². The van der Waals surface area contributed by atoms with E-state index in [0.29, 0.717) is 45.9 Å². The van der Waals surface area contributed by atoms with Crippen LogP contribution in [0, 0.1) is 6.92 Å². The molecule has 2 saturated heterocycles. The smallest absolute Gasteiger partial charge is 0.267 e. The van der Waals surface area contributed by atoms with Gasteiger partial charge in [-0.25, -0.2) is 4.98 Å². The second-order valence-electron chi connectivity index (χ2n) is 9.23. The van der Waals surface area contributed by atoms with Gasteiger partial charge < -0.3 is 10.0 Å². The highest BCUT2D eigenvalue weighted by atomic mass is 32.2. The largest absolute Gasteiger partial charge is 0.395 e. The van der Waals surface area contributed by atoms with Gasteiger partial charge >= 0.3 is 0 Å². The van der Waals surface area contributed by atoms with Crippen LogP contribution in [0.15, 0.2) is 58.4 Å². The quantitative estimate of drug-likeness (QED) is 0.381. The van der Waals surface area contributed by atoms with E-state index in [0.717, 1.165) is 24.2 Å². The molecule has 0 unspecified atom stereocenters. The number of aromatic nitrogens is 2. The Bertz CT molecular complexity index is 1430. The summed E-state index contributed by atoms with van der Waals surface area (Å²) in [4.78, 5) is 38.6. The Labute approximate surface area is 225 Å². The minimum absolute atomic E-state index is 0.114. The van der Waals surface area contributed by atoms with Gasteiger partial charge in [-0.3, -0.25) is 23.8 Å². The molecule has 1 atom stereocenters. The molecular formula is C27H29N5O3S2. The van der Waals surface area contributed by atoms with Gasteiger partial charge in [-0.1, -0.05) is 60.4 Å². The number of nitrogens with zero attached hydrogens (tertiary/aromatic N) is 5. The molecule has 4 heterocycles. The molecule has 0 saturated carbocycles. The number of aliphatic hydroxyl groups is 1. The molecule has 2 aliphatic rings. The van der Waals surface area contributed by atoms with Crippen LogP contribution < -0.4 is 10.5 Å². The lowest BCUT2D eigenvalue weighted by Gasteiger charge is -2.35. The number of thiocarbonyl (C=S) groups is 1. The topological polar surface area (TPSA) is 81.4 Å². The number of aryl methyl sites for hydroxylation is 1. The van der Waals surface area contributed by atoms with E-state index < -0.39 is 0 Å². The Morgan fingerprint density at radius 1 is 1.11 bits per heavy atom. The van der Waals surface area contributed by atoms with Crippen molar-refractivity contribution in [2.24, 2.45) is 0 Å². The van der Waals surface area contributed by atoms with E-state index in [9.17, 15) is 14.7 Å². The monoisotopic (exact) mass is 535 g/mol. The molecule has 5 rings (SSSR count). The van der Waals surface area contributed by atoms with E-state index in [-0.39, 0.29) is 24.1 Å². The number of thioether (sulfide) groups is 1. The van der Waals surface area contributed by atoms with Gasteiger partial charge in [0.1, 0.15) is 15.8 Å². The number of fused-ring (bicyclic) bond motifs is 1. The Kier molecular flexibility index (Phi) is 7.43. The zero-order valence-corrected chi connectivity index (χ0v) is 22.5. The Hall–Kier alpha value is -3.05. The zero-order chi connectivity index (χ0) is 26.1. The fourth-order valence-electron chi connectivity index (χ4n) is 4.82. The third kappa shape index (κ3) is 4.94. The van der Waals surface area contributed by atoms with Gasteiger partial charge in [0.2, 0.25) is 0 Å². The molecule has 1 N–H and O–H groups in total. The number of piperazine rings is 1. The van der Waals surface area contributed by atoms with Crippen LogP contribution in [0.5, 0.6) is 0 Å². The maximum atomic E-state index is 13.8. The molecule has 0 spiro atoms. The van der Waals surface area contributed by atoms with Crippen molar-refractivity contribution < 1.29 is 9.90 Å². The number of hydrogen-bond acceptors (Lipinski definition) is 8. The van der Waals surface area contributed by atoms with Gasteiger partial charge in [-0.05, 0) is 37.1 Å². The average molecular weight is 536 g/mol. The van der Waals surface area contributed by atoms with Gasteiger partial charge in [0, 0.05) is 38.9 Å². The molecule has 0 radical (unpaired) electrons. The standard InChI is InChI=1S/C27H29N5O3S2/c1-18-7-6-10-31-23(18)28-24(30-13-11-29(12-14-30)15-16-33)21(25(31)34)17-22-26(35)32(27(36)37-22)19(2)20-8-4-3-5-9-20/h3-10,17,19,33H,11-16H2,1-2H3/b22-17-/t19-/m0/s1. The van der Waals surface area contributed by atoms with Crippen molar-refractivity contribution in [3.8, 4) is 0 Å². The van der Waals surface area contributed by atoms with Crippen LogP contribution in [-0.2, 0) is 4.79 Å². The molecule has 2 aliphatic heterocycles. The van der Waals surface area contributed by atoms with Crippen LogP contribution in [0.4, 0.5) is 5.82 Å². The van der Waals surface area contributed by atoms with Crippen LogP contribution in [0.2, 0.25) is 0 Å². The van der Waals surface area contributed by atoms with E-state index in [1.165, 1.54) is 11.8 Å². The minimum Gasteiger partial charge on any atom is -0.395 e. The van der Waals surface area contributed by atoms with Crippen molar-refractivity contribution in [2.75, 3.05) is 44.2 Å². The molecule has 0 bridgehead atoms. The maximum absolute atomic E-state index is 13.8. The van der Waals surface area contributed by atoms with E-state index in [4.69, 9.17) is 17.2 Å². The first-order valence-electron chi connectivity index (χ1n) is 12.3. The minimum atomic E-state index is -0.225. The van der Waals surface area contributed by atoms with Gasteiger partial charge in [0.15, 0.2) is 0 Å². The number of rotatable bonds is 6. The lowest BCUT2D eigenvalue weighted by molar-refractivity contribution is -0.123. The SMILES string of the molecule is Cc1cccn2c(=O)c(/C=C3\SC(=S)N([C@@H](C)c4ccccc4)C3=O)c(N3CCN(CCO)CC3)nc12. The van der Waals surface area contributed by atoms with Crippen molar-refractivity contribution >= 4 is 51.7 Å². The fourth-order valence-corrected chi connectivity index (χ4v) is 6.22. The number of aliphatic hydroxyl groups excluding tert-OH is 1. The van der Waals surface area contributed by atoms with Crippen molar-refractivity contribution in [3.63, 3.8) is 0 Å². The third-order valence-corrected chi connectivity index (χ3v) is 8.25. The molecule has 8 nitrogen and oxygen atoms in total. The van der Waals surface area contributed by atoms with Crippen LogP contribution in [0.1, 0.15) is 29.7 Å². The van der Waals surface area contributed by atoms with Crippen molar-refractivity contribution in [2.45, 2.75) is 19.9 Å². The lowest BCUT2D eigenvalue weighted by atomic mass is 10.1. The van der Waals surface area contributed by atoms with Gasteiger partial charge in [-0.2, -0.15) is 0 Å². The number of pyridine rings is 1. The number of carbonyl (C=O) groups is 1. The predicted molar refractivity (Wildman–Crippen MR) is 152 cm³/mol. The summed E-state index contributed by atoms with van der Waals surface area (Å²) in [5, 5.41) is 9.30. The summed E-state index contributed by atoms with van der Waals surface area (Å²) in [6.07, 6.45) is 3.37. The van der Waals surface area contributed by atoms with Gasteiger partial charge in [0.25, 0.3) is 11.5 Å². The highest BCUT2D eigenvalue weighted by molar-refractivity contribution is 8.26. The number of carbonyl (C=O) groups excluding carboxylic acids is 1. The molecule has 10 heteroatoms. The molecule has 2 aromatic heterocycles. The number of amides is 1. The molecule has 3 aromatic rings. The van der Waals surface area contributed by atoms with E-state index in [1.807, 2.05) is 56.3 Å². The predicted octanol–water partition coefficient (Wildman–Crippen LogP) is 3.08. The first-order valence-corrected chi connectivity index (χ1v) is 13.5. The number of β-amino-alcohol motifs (C(OH)–C–C–N with tert-alkyl or cyclic N) is 1. The van der Waals surface area contributed by atoms with E-state index in [1.54, 1.807) is 21.6 Å². The van der Waals surface area contributed by atoms with Crippen LogP contribution in [0.25, 0.3) is 11.7 Å². The highest BCUT2D eigenvalue weighted by Gasteiger charge is 2.36. The van der Waals surface area contributed by atoms with Crippen LogP contribution in [-0.4, -0.2) is 73.8 Å². The summed E-state index contributed by atoms with van der Waals surface area (Å²) in [5.41, 5.74) is 2.65. The van der Waals surface area contributed by atoms with Crippen LogP contribution in [0.3, 0.4) is 0 Å². The third-order valence-electron chi connectivity index (χ3n) is 6.92. The number of anilines is 1. The van der Waals surface area contributed by atoms with Gasteiger partial charge in [0.05, 0.1) is 23.1 Å². The molecule has 0 aliphatic carbocycles. The molecule has 37 heavy (non-hydrogen) atoms. The first kappa shape index (κ1) is 25.6. The summed E-state index contributed by atoms with van der Waals surface area (Å²) in [5.74, 6) is 0.364. The normalized spacial score (nSPS) is 18.8. The average Bonchev–Trinajstić information content (AvgIpc) is 3.19. The molecule has 1 aromatic carbocycles.